The molecule has 0 spiro atoms. The molecule has 0 aliphatic rings. The van der Waals surface area contributed by atoms with Crippen LogP contribution in [0.2, 0.25) is 0 Å². The Labute approximate surface area is 112 Å². The fourth-order valence-corrected chi connectivity index (χ4v) is 1.62. The predicted molar refractivity (Wildman–Crippen MR) is 73.9 cm³/mol. The first-order valence-corrected chi connectivity index (χ1v) is 6.30. The molecule has 19 heavy (non-hydrogen) atoms. The lowest BCUT2D eigenvalue weighted by Gasteiger charge is -2.20. The van der Waals surface area contributed by atoms with Crippen molar-refractivity contribution in [3.63, 3.8) is 0 Å². The van der Waals surface area contributed by atoms with Crippen LogP contribution in [0.4, 0.5) is 15.8 Å². The Bertz CT molecular complexity index is 438. The third-order valence-corrected chi connectivity index (χ3v) is 3.04. The number of hydrogen-bond acceptors (Lipinski definition) is 4. The van der Waals surface area contributed by atoms with E-state index in [0.29, 0.717) is 12.6 Å². The van der Waals surface area contributed by atoms with Crippen molar-refractivity contribution in [2.75, 3.05) is 25.5 Å². The Morgan fingerprint density at radius 3 is 2.74 bits per heavy atom. The summed E-state index contributed by atoms with van der Waals surface area (Å²) in [6.45, 7) is 5.66. The number of rotatable bonds is 7. The second-order valence-electron chi connectivity index (χ2n) is 4.77. The Morgan fingerprint density at radius 2 is 2.16 bits per heavy atom. The van der Waals surface area contributed by atoms with Gasteiger partial charge in [0, 0.05) is 24.7 Å². The molecule has 0 atom stereocenters. The van der Waals surface area contributed by atoms with Crippen LogP contribution in [0.15, 0.2) is 18.2 Å². The van der Waals surface area contributed by atoms with Crippen LogP contribution in [-0.2, 0) is 0 Å². The molecule has 5 nitrogen and oxygen atoms in total. The van der Waals surface area contributed by atoms with E-state index in [4.69, 9.17) is 0 Å². The number of nitro benzene ring substituents is 1. The van der Waals surface area contributed by atoms with Crippen LogP contribution in [0.25, 0.3) is 0 Å². The summed E-state index contributed by atoms with van der Waals surface area (Å²) in [6.07, 6.45) is 0.836. The lowest BCUT2D eigenvalue weighted by molar-refractivity contribution is -0.384. The molecule has 0 aliphatic carbocycles. The predicted octanol–water partition coefficient (Wildman–Crippen LogP) is 2.88. The van der Waals surface area contributed by atoms with Crippen LogP contribution in [0.3, 0.4) is 0 Å². The minimum atomic E-state index is -0.512. The van der Waals surface area contributed by atoms with Crippen molar-refractivity contribution in [2.24, 2.45) is 0 Å². The quantitative estimate of drug-likeness (QED) is 0.470. The molecule has 1 aromatic rings. The molecule has 0 heterocycles. The van der Waals surface area contributed by atoms with Crippen molar-refractivity contribution in [2.45, 2.75) is 26.3 Å². The summed E-state index contributed by atoms with van der Waals surface area (Å²) in [5, 5.41) is 13.7. The standard InChI is InChI=1S/C13H20FN3O2/c1-10(2)16(3)8-4-7-15-12-9-11(14)5-6-13(12)17(18)19/h5-6,9-10,15H,4,7-8H2,1-3H3. The van der Waals surface area contributed by atoms with E-state index in [1.165, 1.54) is 6.07 Å². The fourth-order valence-electron chi connectivity index (χ4n) is 1.62. The van der Waals surface area contributed by atoms with Gasteiger partial charge >= 0.3 is 0 Å². The van der Waals surface area contributed by atoms with E-state index in [1.54, 1.807) is 0 Å². The average molecular weight is 269 g/mol. The highest BCUT2D eigenvalue weighted by atomic mass is 19.1. The number of benzene rings is 1. The first kappa shape index (κ1) is 15.4. The zero-order valence-corrected chi connectivity index (χ0v) is 11.5. The maximum atomic E-state index is 13.1. The normalized spacial score (nSPS) is 11.1. The molecule has 0 amide bonds. The van der Waals surface area contributed by atoms with Crippen LogP contribution in [-0.4, -0.2) is 36.0 Å². The summed E-state index contributed by atoms with van der Waals surface area (Å²) in [7, 11) is 2.02. The summed E-state index contributed by atoms with van der Waals surface area (Å²) in [5.41, 5.74) is 0.135. The highest BCUT2D eigenvalue weighted by Gasteiger charge is 2.13. The highest BCUT2D eigenvalue weighted by molar-refractivity contribution is 5.61. The van der Waals surface area contributed by atoms with E-state index in [1.807, 2.05) is 7.05 Å². The van der Waals surface area contributed by atoms with Crippen molar-refractivity contribution in [1.29, 1.82) is 0 Å². The van der Waals surface area contributed by atoms with Gasteiger partial charge < -0.3 is 10.2 Å². The maximum Gasteiger partial charge on any atom is 0.292 e. The van der Waals surface area contributed by atoms with Crippen molar-refractivity contribution in [1.82, 2.24) is 4.90 Å². The molecule has 6 heteroatoms. The van der Waals surface area contributed by atoms with Gasteiger partial charge in [0.25, 0.3) is 5.69 Å². The minimum absolute atomic E-state index is 0.0985. The van der Waals surface area contributed by atoms with Crippen LogP contribution >= 0.6 is 0 Å². The Morgan fingerprint density at radius 1 is 1.47 bits per heavy atom. The molecular formula is C13H20FN3O2. The van der Waals surface area contributed by atoms with E-state index < -0.39 is 10.7 Å². The Kier molecular flexibility index (Phi) is 5.69. The first-order valence-electron chi connectivity index (χ1n) is 6.30. The van der Waals surface area contributed by atoms with Gasteiger partial charge in [-0.1, -0.05) is 0 Å². The van der Waals surface area contributed by atoms with Gasteiger partial charge in [-0.25, -0.2) is 4.39 Å². The van der Waals surface area contributed by atoms with Crippen molar-refractivity contribution in [3.8, 4) is 0 Å². The van der Waals surface area contributed by atoms with E-state index in [2.05, 4.69) is 24.1 Å². The molecule has 0 unspecified atom stereocenters. The van der Waals surface area contributed by atoms with Gasteiger partial charge in [-0.05, 0) is 39.9 Å². The van der Waals surface area contributed by atoms with Gasteiger partial charge in [-0.2, -0.15) is 0 Å². The second kappa shape index (κ2) is 7.04. The number of hydrogen-bond donors (Lipinski definition) is 1. The van der Waals surface area contributed by atoms with Gasteiger partial charge in [-0.15, -0.1) is 0 Å². The largest absolute Gasteiger partial charge is 0.379 e. The van der Waals surface area contributed by atoms with Crippen molar-refractivity contribution < 1.29 is 9.31 Å². The summed E-state index contributed by atoms with van der Waals surface area (Å²) in [6, 6.07) is 3.89. The molecule has 0 saturated heterocycles. The van der Waals surface area contributed by atoms with Crippen LogP contribution in [0, 0.1) is 15.9 Å². The highest BCUT2D eigenvalue weighted by Crippen LogP contribution is 2.24. The summed E-state index contributed by atoms with van der Waals surface area (Å²) in [5.74, 6) is -0.479. The molecule has 0 radical (unpaired) electrons. The van der Waals surface area contributed by atoms with Gasteiger partial charge in [0.1, 0.15) is 11.5 Å². The van der Waals surface area contributed by atoms with Crippen LogP contribution in [0.1, 0.15) is 20.3 Å². The monoisotopic (exact) mass is 269 g/mol. The van der Waals surface area contributed by atoms with E-state index >= 15 is 0 Å². The van der Waals surface area contributed by atoms with Crippen molar-refractivity contribution >= 4 is 11.4 Å². The Hall–Kier alpha value is -1.69. The van der Waals surface area contributed by atoms with Gasteiger partial charge in [0.2, 0.25) is 0 Å². The SMILES string of the molecule is CC(C)N(C)CCCNc1cc(F)ccc1[N+](=O)[O-]. The molecule has 0 bridgehead atoms. The summed E-state index contributed by atoms with van der Waals surface area (Å²) >= 11 is 0. The smallest absolute Gasteiger partial charge is 0.292 e. The molecule has 106 valence electrons. The lowest BCUT2D eigenvalue weighted by atomic mass is 10.2. The lowest BCUT2D eigenvalue weighted by Crippen LogP contribution is -2.28. The third kappa shape index (κ3) is 4.82. The molecular weight excluding hydrogens is 249 g/mol. The second-order valence-corrected chi connectivity index (χ2v) is 4.77. The summed E-state index contributed by atoms with van der Waals surface area (Å²) < 4.78 is 13.1. The van der Waals surface area contributed by atoms with Crippen LogP contribution in [0.5, 0.6) is 0 Å². The zero-order valence-electron chi connectivity index (χ0n) is 11.5. The van der Waals surface area contributed by atoms with Gasteiger partial charge in [-0.3, -0.25) is 10.1 Å². The maximum absolute atomic E-state index is 13.1. The minimum Gasteiger partial charge on any atom is -0.379 e. The average Bonchev–Trinajstić information content (AvgIpc) is 2.33. The molecule has 1 rings (SSSR count). The number of anilines is 1. The van der Waals surface area contributed by atoms with E-state index in [0.717, 1.165) is 25.1 Å². The van der Waals surface area contributed by atoms with Gasteiger partial charge in [0.05, 0.1) is 4.92 Å². The molecule has 1 aromatic carbocycles. The van der Waals surface area contributed by atoms with Crippen molar-refractivity contribution in [3.05, 3.63) is 34.1 Å². The number of halogens is 1. The number of nitrogens with one attached hydrogen (secondary N) is 1. The summed E-state index contributed by atoms with van der Waals surface area (Å²) in [4.78, 5) is 12.5. The topological polar surface area (TPSA) is 58.4 Å². The molecule has 0 saturated carbocycles. The molecule has 0 aliphatic heterocycles. The van der Waals surface area contributed by atoms with E-state index in [9.17, 15) is 14.5 Å². The van der Waals surface area contributed by atoms with E-state index in [-0.39, 0.29) is 11.4 Å². The number of nitro groups is 1. The molecule has 1 N–H and O–H groups in total. The van der Waals surface area contributed by atoms with Crippen LogP contribution < -0.4 is 5.32 Å². The van der Waals surface area contributed by atoms with Gasteiger partial charge in [0.15, 0.2) is 0 Å². The zero-order chi connectivity index (χ0) is 14.4. The number of nitrogens with zero attached hydrogens (tertiary/aromatic N) is 2. The Balaban J connectivity index is 2.53. The third-order valence-electron chi connectivity index (χ3n) is 3.04. The first-order chi connectivity index (χ1) is 8.91. The fraction of sp³-hybridized carbons (Fsp3) is 0.538. The molecule has 0 fully saturated rings. The molecule has 0 aromatic heterocycles.